The van der Waals surface area contributed by atoms with E-state index in [0.717, 1.165) is 33.1 Å². The quantitative estimate of drug-likeness (QED) is 0.162. The average molecular weight is 771 g/mol. The van der Waals surface area contributed by atoms with Crippen LogP contribution < -0.4 is 0 Å². The van der Waals surface area contributed by atoms with Crippen LogP contribution in [0.15, 0.2) is 211 Å². The molecule has 0 bridgehead atoms. The summed E-state index contributed by atoms with van der Waals surface area (Å²) in [5.41, 5.74) is 11.3. The summed E-state index contributed by atoms with van der Waals surface area (Å²) in [7, 11) is 0. The molecule has 0 saturated heterocycles. The van der Waals surface area contributed by atoms with E-state index >= 15 is 0 Å². The molecule has 1 nitrogen and oxygen atoms in total. The van der Waals surface area contributed by atoms with Crippen molar-refractivity contribution in [1.82, 2.24) is 0 Å². The maximum Gasteiger partial charge on any atom is 0.143 e. The van der Waals surface area contributed by atoms with E-state index in [2.05, 4.69) is 206 Å². The van der Waals surface area contributed by atoms with Gasteiger partial charge in [0, 0.05) is 16.3 Å². The van der Waals surface area contributed by atoms with Crippen molar-refractivity contribution in [2.75, 3.05) is 0 Å². The highest BCUT2D eigenvalue weighted by atomic mass is 16.3. The van der Waals surface area contributed by atoms with Crippen molar-refractivity contribution in [1.29, 1.82) is 0 Å². The van der Waals surface area contributed by atoms with Crippen LogP contribution in [0.1, 0.15) is 0 Å². The number of para-hydroxylation sites is 1. The van der Waals surface area contributed by atoms with Crippen molar-refractivity contribution >= 4 is 97.3 Å². The molecule has 13 aromatic carbocycles. The zero-order valence-electron chi connectivity index (χ0n) is 33.0. The molecule has 61 heavy (non-hydrogen) atoms. The normalized spacial score (nSPS) is 12.3. The van der Waals surface area contributed by atoms with E-state index < -0.39 is 0 Å². The van der Waals surface area contributed by atoms with Crippen LogP contribution in [0.5, 0.6) is 0 Å². The first-order chi connectivity index (χ1) is 30.2. The summed E-state index contributed by atoms with van der Waals surface area (Å²) < 4.78 is 6.80. The van der Waals surface area contributed by atoms with E-state index in [0.29, 0.717) is 0 Å². The molecular weight excluding hydrogens is 737 g/mol. The van der Waals surface area contributed by atoms with Crippen LogP contribution >= 0.6 is 0 Å². The molecular formula is C60H34O. The molecule has 0 unspecified atom stereocenters. The molecule has 14 aromatic rings. The minimum atomic E-state index is 0.902. The van der Waals surface area contributed by atoms with Crippen molar-refractivity contribution in [3.63, 3.8) is 0 Å². The van der Waals surface area contributed by atoms with Crippen LogP contribution in [0.2, 0.25) is 0 Å². The van der Waals surface area contributed by atoms with E-state index in [1.807, 2.05) is 0 Å². The van der Waals surface area contributed by atoms with Crippen molar-refractivity contribution < 1.29 is 4.42 Å². The van der Waals surface area contributed by atoms with E-state index in [1.54, 1.807) is 0 Å². The smallest absolute Gasteiger partial charge is 0.143 e. The summed E-state index contributed by atoms with van der Waals surface area (Å²) in [6, 6.07) is 76.4. The predicted octanol–water partition coefficient (Wildman–Crippen LogP) is 17.2. The highest BCUT2D eigenvalue weighted by molar-refractivity contribution is 6.27. The van der Waals surface area contributed by atoms with Crippen LogP contribution in [0.4, 0.5) is 0 Å². The molecule has 0 aliphatic carbocycles. The molecule has 0 radical (unpaired) electrons. The number of fused-ring (bicyclic) bond motifs is 5. The molecule has 1 heteroatoms. The van der Waals surface area contributed by atoms with Gasteiger partial charge in [-0.2, -0.15) is 0 Å². The minimum absolute atomic E-state index is 0.902. The van der Waals surface area contributed by atoms with E-state index in [1.165, 1.54) is 109 Å². The molecule has 1 aromatic heterocycles. The van der Waals surface area contributed by atoms with Crippen molar-refractivity contribution in [3.05, 3.63) is 206 Å². The third-order valence-electron chi connectivity index (χ3n) is 13.5. The Kier molecular flexibility index (Phi) is 6.62. The standard InChI is InChI=1S/C60H34O/c1-2-16-54-52(15-1)59-49-28-25-42(41-11-5-12-43(31-41)47-26-21-39-19-17-35-7-3-9-37-23-29-50(47)57(39)55(35)37)32-46(49)34-53(60(59)61-54)45-14-6-13-44(33-45)48-27-22-40-20-18-36-8-4-10-38-24-30-51(48)58(40)56(36)38/h1-34H. The summed E-state index contributed by atoms with van der Waals surface area (Å²) in [6.07, 6.45) is 0. The first-order valence-corrected chi connectivity index (χ1v) is 21.1. The van der Waals surface area contributed by atoms with Gasteiger partial charge in [-0.1, -0.05) is 176 Å². The number of rotatable bonds is 4. The molecule has 0 amide bonds. The minimum Gasteiger partial charge on any atom is -0.455 e. The van der Waals surface area contributed by atoms with E-state index in [4.69, 9.17) is 4.42 Å². The number of hydrogen-bond acceptors (Lipinski definition) is 1. The van der Waals surface area contributed by atoms with Crippen molar-refractivity contribution in [2.45, 2.75) is 0 Å². The van der Waals surface area contributed by atoms with Gasteiger partial charge in [0.1, 0.15) is 11.2 Å². The lowest BCUT2D eigenvalue weighted by Crippen LogP contribution is -1.89. The summed E-state index contributed by atoms with van der Waals surface area (Å²) in [5.74, 6) is 0. The Bertz CT molecular complexity index is 4080. The van der Waals surface area contributed by atoms with Gasteiger partial charge in [0.2, 0.25) is 0 Å². The molecule has 0 spiro atoms. The molecule has 0 N–H and O–H groups in total. The average Bonchev–Trinajstić information content (AvgIpc) is 3.72. The Morgan fingerprint density at radius 2 is 0.689 bits per heavy atom. The third kappa shape index (κ3) is 4.72. The first-order valence-electron chi connectivity index (χ1n) is 21.1. The second kappa shape index (κ2) is 12.3. The van der Waals surface area contributed by atoms with Crippen LogP contribution in [0, 0.1) is 0 Å². The number of furan rings is 1. The van der Waals surface area contributed by atoms with Crippen LogP contribution in [-0.4, -0.2) is 0 Å². The van der Waals surface area contributed by atoms with Gasteiger partial charge in [-0.25, -0.2) is 0 Å². The van der Waals surface area contributed by atoms with Crippen molar-refractivity contribution in [2.24, 2.45) is 0 Å². The predicted molar refractivity (Wildman–Crippen MR) is 260 cm³/mol. The zero-order chi connectivity index (χ0) is 39.8. The summed E-state index contributed by atoms with van der Waals surface area (Å²) in [6.45, 7) is 0. The molecule has 280 valence electrons. The van der Waals surface area contributed by atoms with E-state index in [-0.39, 0.29) is 0 Å². The van der Waals surface area contributed by atoms with Crippen LogP contribution in [0.25, 0.3) is 142 Å². The molecule has 14 rings (SSSR count). The Morgan fingerprint density at radius 1 is 0.230 bits per heavy atom. The van der Waals surface area contributed by atoms with E-state index in [9.17, 15) is 0 Å². The fraction of sp³-hybridized carbons (Fsp3) is 0. The number of hydrogen-bond donors (Lipinski definition) is 0. The largest absolute Gasteiger partial charge is 0.455 e. The lowest BCUT2D eigenvalue weighted by atomic mass is 9.88. The second-order valence-electron chi connectivity index (χ2n) is 16.8. The molecule has 0 saturated carbocycles. The van der Waals surface area contributed by atoms with Gasteiger partial charge in [0.05, 0.1) is 0 Å². The molecule has 0 fully saturated rings. The van der Waals surface area contributed by atoms with Gasteiger partial charge in [-0.3, -0.25) is 0 Å². The molecule has 0 aliphatic heterocycles. The Morgan fingerprint density at radius 3 is 1.31 bits per heavy atom. The SMILES string of the molecule is c1cc(-c2ccc3c(c2)cc(-c2cccc(-c4ccc5ccc6cccc7ccc4c5c67)c2)c2oc4ccccc4c23)cc(-c2ccc3ccc4cccc5ccc2c3c45)c1. The fourth-order valence-electron chi connectivity index (χ4n) is 10.7. The third-order valence-corrected chi connectivity index (χ3v) is 13.5. The van der Waals surface area contributed by atoms with Gasteiger partial charge in [0.15, 0.2) is 0 Å². The topological polar surface area (TPSA) is 13.1 Å². The first kappa shape index (κ1) is 32.9. The molecule has 0 aliphatic rings. The zero-order valence-corrected chi connectivity index (χ0v) is 33.0. The summed E-state index contributed by atoms with van der Waals surface area (Å²) in [4.78, 5) is 0. The summed E-state index contributed by atoms with van der Waals surface area (Å²) in [5, 5.41) is 20.3. The van der Waals surface area contributed by atoms with Gasteiger partial charge in [-0.05, 0) is 145 Å². The highest BCUT2D eigenvalue weighted by Gasteiger charge is 2.19. The Labute approximate surface area is 351 Å². The lowest BCUT2D eigenvalue weighted by molar-refractivity contribution is 0.670. The Balaban J connectivity index is 0.941. The van der Waals surface area contributed by atoms with Gasteiger partial charge >= 0.3 is 0 Å². The van der Waals surface area contributed by atoms with Gasteiger partial charge in [-0.15, -0.1) is 0 Å². The maximum absolute atomic E-state index is 6.80. The summed E-state index contributed by atoms with van der Waals surface area (Å²) >= 11 is 0. The molecule has 1 heterocycles. The van der Waals surface area contributed by atoms with Crippen LogP contribution in [0.3, 0.4) is 0 Å². The van der Waals surface area contributed by atoms with Gasteiger partial charge in [0.25, 0.3) is 0 Å². The molecule has 0 atom stereocenters. The number of benzene rings is 13. The van der Waals surface area contributed by atoms with Gasteiger partial charge < -0.3 is 4.42 Å². The monoisotopic (exact) mass is 770 g/mol. The Hall–Kier alpha value is -8.00. The van der Waals surface area contributed by atoms with Crippen molar-refractivity contribution in [3.8, 4) is 44.5 Å². The lowest BCUT2D eigenvalue weighted by Gasteiger charge is -2.15. The highest BCUT2D eigenvalue weighted by Crippen LogP contribution is 2.45. The fourth-order valence-corrected chi connectivity index (χ4v) is 10.7. The maximum atomic E-state index is 6.80. The second-order valence-corrected chi connectivity index (χ2v) is 16.8. The van der Waals surface area contributed by atoms with Crippen LogP contribution in [-0.2, 0) is 0 Å².